The first-order valence-corrected chi connectivity index (χ1v) is 9.93. The molecule has 2 aromatic carbocycles. The van der Waals surface area contributed by atoms with Crippen molar-refractivity contribution in [2.75, 3.05) is 11.1 Å². The Labute approximate surface area is 165 Å². The first-order chi connectivity index (χ1) is 12.5. The highest BCUT2D eigenvalue weighted by molar-refractivity contribution is 9.10. The topological polar surface area (TPSA) is 70.6 Å². The number of benzene rings is 2. The summed E-state index contributed by atoms with van der Waals surface area (Å²) < 4.78 is 1.05. The maximum Gasteiger partial charge on any atom is 0.250 e. The number of carbonyl (C=O) groups is 2. The maximum absolute atomic E-state index is 11.9. The van der Waals surface area contributed by atoms with Crippen molar-refractivity contribution in [3.63, 3.8) is 0 Å². The van der Waals surface area contributed by atoms with E-state index < -0.39 is 0 Å². The molecule has 0 bridgehead atoms. The lowest BCUT2D eigenvalue weighted by Gasteiger charge is -2.06. The Morgan fingerprint density at radius 3 is 2.42 bits per heavy atom. The second kappa shape index (κ2) is 10.1. The van der Waals surface area contributed by atoms with Crippen LogP contribution in [0.4, 0.5) is 5.69 Å². The molecule has 0 aromatic heterocycles. The monoisotopic (exact) mass is 433 g/mol. The Hall–Kier alpha value is -2.12. The smallest absolute Gasteiger partial charge is 0.250 e. The molecule has 136 valence electrons. The SMILES string of the molecule is CC(=O)Nc1ccc(/C(C)=N\NC(=O)CSCc2ccccc2Br)cc1. The first-order valence-electron chi connectivity index (χ1n) is 7.98. The Morgan fingerprint density at radius 1 is 1.08 bits per heavy atom. The number of rotatable bonds is 7. The molecule has 7 heteroatoms. The average molecular weight is 434 g/mol. The van der Waals surface area contributed by atoms with Crippen LogP contribution in [0.5, 0.6) is 0 Å². The van der Waals surface area contributed by atoms with Crippen molar-refractivity contribution in [3.05, 3.63) is 64.1 Å². The molecule has 0 saturated carbocycles. The summed E-state index contributed by atoms with van der Waals surface area (Å²) >= 11 is 5.03. The molecule has 2 aromatic rings. The summed E-state index contributed by atoms with van der Waals surface area (Å²) in [7, 11) is 0. The average Bonchev–Trinajstić information content (AvgIpc) is 2.61. The Morgan fingerprint density at radius 2 is 1.77 bits per heavy atom. The van der Waals surface area contributed by atoms with Crippen LogP contribution in [0.3, 0.4) is 0 Å². The van der Waals surface area contributed by atoms with Gasteiger partial charge in [0.05, 0.1) is 11.5 Å². The molecule has 0 fully saturated rings. The van der Waals surface area contributed by atoms with Crippen LogP contribution in [-0.2, 0) is 15.3 Å². The van der Waals surface area contributed by atoms with E-state index in [0.717, 1.165) is 27.0 Å². The van der Waals surface area contributed by atoms with Crippen LogP contribution in [0, 0.1) is 0 Å². The maximum atomic E-state index is 11.9. The Kier molecular flexibility index (Phi) is 7.87. The summed E-state index contributed by atoms with van der Waals surface area (Å²) in [4.78, 5) is 22.9. The van der Waals surface area contributed by atoms with Gasteiger partial charge in [-0.2, -0.15) is 5.10 Å². The molecular formula is C19H20BrN3O2S. The number of hydrogen-bond donors (Lipinski definition) is 2. The van der Waals surface area contributed by atoms with E-state index in [2.05, 4.69) is 31.8 Å². The molecule has 2 N–H and O–H groups in total. The highest BCUT2D eigenvalue weighted by Gasteiger charge is 2.04. The number of thioether (sulfide) groups is 1. The predicted molar refractivity (Wildman–Crippen MR) is 111 cm³/mol. The van der Waals surface area contributed by atoms with Gasteiger partial charge in [-0.1, -0.05) is 46.3 Å². The van der Waals surface area contributed by atoms with Crippen LogP contribution in [-0.4, -0.2) is 23.3 Å². The predicted octanol–water partition coefficient (Wildman–Crippen LogP) is 4.18. The molecule has 0 spiro atoms. The van der Waals surface area contributed by atoms with E-state index in [-0.39, 0.29) is 11.8 Å². The highest BCUT2D eigenvalue weighted by atomic mass is 79.9. The standard InChI is InChI=1S/C19H20BrN3O2S/c1-13(15-7-9-17(10-8-15)21-14(2)24)22-23-19(25)12-26-11-16-5-3-4-6-18(16)20/h3-10H,11-12H2,1-2H3,(H,21,24)(H,23,25)/b22-13-. The van der Waals surface area contributed by atoms with Crippen LogP contribution in [0.1, 0.15) is 25.0 Å². The quantitative estimate of drug-likeness (QED) is 0.508. The van der Waals surface area contributed by atoms with Gasteiger partial charge in [-0.05, 0) is 36.2 Å². The third-order valence-electron chi connectivity index (χ3n) is 3.42. The fourth-order valence-corrected chi connectivity index (χ4v) is 3.54. The number of carbonyl (C=O) groups excluding carboxylic acids is 2. The van der Waals surface area contributed by atoms with Gasteiger partial charge in [0.25, 0.3) is 0 Å². The van der Waals surface area contributed by atoms with Crippen LogP contribution < -0.4 is 10.7 Å². The molecular weight excluding hydrogens is 414 g/mol. The number of halogens is 1. The van der Waals surface area contributed by atoms with Crippen LogP contribution in [0.15, 0.2) is 58.1 Å². The molecule has 0 saturated heterocycles. The zero-order valence-electron chi connectivity index (χ0n) is 14.6. The number of hydrazone groups is 1. The lowest BCUT2D eigenvalue weighted by molar-refractivity contribution is -0.118. The molecule has 0 radical (unpaired) electrons. The molecule has 5 nitrogen and oxygen atoms in total. The number of nitrogens with zero attached hydrogens (tertiary/aromatic N) is 1. The van der Waals surface area contributed by atoms with Gasteiger partial charge in [-0.15, -0.1) is 11.8 Å². The van der Waals surface area contributed by atoms with Crippen molar-refractivity contribution < 1.29 is 9.59 Å². The zero-order valence-corrected chi connectivity index (χ0v) is 17.0. The number of hydrogen-bond acceptors (Lipinski definition) is 4. The summed E-state index contributed by atoms with van der Waals surface area (Å²) in [5.41, 5.74) is 6.03. The summed E-state index contributed by atoms with van der Waals surface area (Å²) in [6, 6.07) is 15.2. The second-order valence-electron chi connectivity index (χ2n) is 5.57. The van der Waals surface area contributed by atoms with E-state index in [1.54, 1.807) is 12.1 Å². The molecule has 0 aliphatic carbocycles. The van der Waals surface area contributed by atoms with Crippen LogP contribution in [0.25, 0.3) is 0 Å². The van der Waals surface area contributed by atoms with Crippen molar-refractivity contribution in [3.8, 4) is 0 Å². The van der Waals surface area contributed by atoms with Gasteiger partial charge in [-0.3, -0.25) is 9.59 Å². The van der Waals surface area contributed by atoms with Crippen molar-refractivity contribution in [1.82, 2.24) is 5.43 Å². The van der Waals surface area contributed by atoms with E-state index in [4.69, 9.17) is 0 Å². The molecule has 0 unspecified atom stereocenters. The number of amides is 2. The van der Waals surface area contributed by atoms with Crippen LogP contribution in [0.2, 0.25) is 0 Å². The first kappa shape index (κ1) is 20.2. The summed E-state index contributed by atoms with van der Waals surface area (Å²) in [5, 5.41) is 6.84. The van der Waals surface area contributed by atoms with Crippen molar-refractivity contribution in [2.45, 2.75) is 19.6 Å². The Bertz CT molecular complexity index is 807. The van der Waals surface area contributed by atoms with Gasteiger partial charge in [0.2, 0.25) is 11.8 Å². The second-order valence-corrected chi connectivity index (χ2v) is 7.41. The Balaban J connectivity index is 1.81. The molecule has 0 aliphatic rings. The minimum atomic E-state index is -0.142. The number of anilines is 1. The molecule has 2 amide bonds. The van der Waals surface area contributed by atoms with Crippen molar-refractivity contribution in [1.29, 1.82) is 0 Å². The molecule has 26 heavy (non-hydrogen) atoms. The summed E-state index contributed by atoms with van der Waals surface area (Å²) in [6.45, 7) is 3.28. The normalized spacial score (nSPS) is 11.1. The van der Waals surface area contributed by atoms with Crippen molar-refractivity contribution >= 4 is 50.9 Å². The minimum absolute atomic E-state index is 0.115. The van der Waals surface area contributed by atoms with E-state index >= 15 is 0 Å². The summed E-state index contributed by atoms with van der Waals surface area (Å²) in [6.07, 6.45) is 0. The van der Waals surface area contributed by atoms with Gasteiger partial charge < -0.3 is 5.32 Å². The molecule has 0 atom stereocenters. The van der Waals surface area contributed by atoms with E-state index in [1.807, 2.05) is 43.3 Å². The van der Waals surface area contributed by atoms with E-state index in [1.165, 1.54) is 18.7 Å². The zero-order chi connectivity index (χ0) is 18.9. The van der Waals surface area contributed by atoms with E-state index in [0.29, 0.717) is 11.5 Å². The molecule has 2 rings (SSSR count). The van der Waals surface area contributed by atoms with Gasteiger partial charge in [-0.25, -0.2) is 5.43 Å². The lowest BCUT2D eigenvalue weighted by Crippen LogP contribution is -2.21. The van der Waals surface area contributed by atoms with Crippen molar-refractivity contribution in [2.24, 2.45) is 5.10 Å². The van der Waals surface area contributed by atoms with E-state index in [9.17, 15) is 9.59 Å². The van der Waals surface area contributed by atoms with Crippen LogP contribution >= 0.6 is 27.7 Å². The number of nitrogens with one attached hydrogen (secondary N) is 2. The molecule has 0 aliphatic heterocycles. The molecule has 0 heterocycles. The lowest BCUT2D eigenvalue weighted by atomic mass is 10.1. The van der Waals surface area contributed by atoms with Gasteiger partial charge in [0.15, 0.2) is 0 Å². The van der Waals surface area contributed by atoms with Gasteiger partial charge in [0.1, 0.15) is 0 Å². The third-order valence-corrected chi connectivity index (χ3v) is 5.17. The third kappa shape index (κ3) is 6.65. The highest BCUT2D eigenvalue weighted by Crippen LogP contribution is 2.21. The minimum Gasteiger partial charge on any atom is -0.326 e. The fraction of sp³-hybridized carbons (Fsp3) is 0.211. The van der Waals surface area contributed by atoms with Gasteiger partial charge in [0, 0.05) is 22.8 Å². The largest absolute Gasteiger partial charge is 0.326 e. The summed E-state index contributed by atoms with van der Waals surface area (Å²) in [5.74, 6) is 0.827. The fourth-order valence-electron chi connectivity index (χ4n) is 2.11. The van der Waals surface area contributed by atoms with Gasteiger partial charge >= 0.3 is 0 Å².